The lowest BCUT2D eigenvalue weighted by molar-refractivity contribution is -0.339. The van der Waals surface area contributed by atoms with Gasteiger partial charge < -0.3 is 9.56 Å². The summed E-state index contributed by atoms with van der Waals surface area (Å²) in [5.74, 6) is -0.823. The van der Waals surface area contributed by atoms with Crippen LogP contribution in [0.5, 0.6) is 0 Å². The summed E-state index contributed by atoms with van der Waals surface area (Å²) in [7, 11) is 0. The summed E-state index contributed by atoms with van der Waals surface area (Å²) in [6.07, 6.45) is -4.79. The van der Waals surface area contributed by atoms with Crippen LogP contribution in [-0.4, -0.2) is 24.2 Å². The van der Waals surface area contributed by atoms with Crippen LogP contribution >= 0.6 is 0 Å². The van der Waals surface area contributed by atoms with Crippen LogP contribution in [0.25, 0.3) is 0 Å². The summed E-state index contributed by atoms with van der Waals surface area (Å²) < 4.78 is 49.1. The molecule has 1 heterocycles. The Hall–Kier alpha value is -3.61. The number of hydrogen-bond donors (Lipinski definition) is 1. The Bertz CT molecular complexity index is 1120. The van der Waals surface area contributed by atoms with Crippen LogP contribution < -0.4 is 15.8 Å². The summed E-state index contributed by atoms with van der Waals surface area (Å²) in [5, 5.41) is 0. The van der Waals surface area contributed by atoms with E-state index in [1.165, 1.54) is 19.1 Å². The molecule has 0 aliphatic carbocycles. The van der Waals surface area contributed by atoms with Gasteiger partial charge in [-0.15, -0.1) is 0 Å². The summed E-state index contributed by atoms with van der Waals surface area (Å²) in [6.45, 7) is -1.10. The van der Waals surface area contributed by atoms with Crippen molar-refractivity contribution in [2.45, 2.75) is 13.1 Å². The van der Waals surface area contributed by atoms with Gasteiger partial charge >= 0.3 is 12.7 Å². The Morgan fingerprint density at radius 3 is 1.71 bits per heavy atom. The van der Waals surface area contributed by atoms with Gasteiger partial charge in [-0.1, -0.05) is 102 Å². The van der Waals surface area contributed by atoms with Crippen LogP contribution in [0.3, 0.4) is 0 Å². The topological polar surface area (TPSA) is 40.3 Å². The lowest BCUT2D eigenvalue weighted by Crippen LogP contribution is -3.03. The fourth-order valence-corrected chi connectivity index (χ4v) is 3.98. The number of allylic oxidation sites excluding steroid dienone is 2. The first kappa shape index (κ1) is 20.7. The van der Waals surface area contributed by atoms with Gasteiger partial charge in [-0.2, -0.15) is 13.2 Å². The molecule has 0 radical (unpaired) electrons. The summed E-state index contributed by atoms with van der Waals surface area (Å²) in [4.78, 5) is 15.7. The third-order valence-electron chi connectivity index (χ3n) is 5.39. The molecule has 1 aliphatic rings. The molecule has 0 aromatic heterocycles. The fraction of sp³-hybridized carbons (Fsp3) is 0.0833. The Balaban J connectivity index is 1.96. The van der Waals surface area contributed by atoms with Gasteiger partial charge in [0, 0.05) is 5.56 Å². The molecule has 0 bridgehead atoms. The Morgan fingerprint density at radius 2 is 1.26 bits per heavy atom. The average molecular weight is 421 g/mol. The van der Waals surface area contributed by atoms with Crippen molar-refractivity contribution >= 4 is 28.9 Å². The Morgan fingerprint density at radius 1 is 0.806 bits per heavy atom. The molecule has 7 heteroatoms. The summed E-state index contributed by atoms with van der Waals surface area (Å²) in [5.41, 5.74) is -0.369. The van der Waals surface area contributed by atoms with Crippen molar-refractivity contribution in [3.05, 3.63) is 108 Å². The standard InChI is InChI=1S/C24H19BF3NO2/c1-17-21(22(30)18-11-5-2-6-12-18)23(24(26,27)28)29-25(31-17,19-13-7-3-8-14-19)20-15-9-4-10-16-20/h2-16,29H,1H3. The van der Waals surface area contributed by atoms with Crippen molar-refractivity contribution in [2.75, 3.05) is 0 Å². The first-order valence-corrected chi connectivity index (χ1v) is 9.81. The van der Waals surface area contributed by atoms with Crippen molar-refractivity contribution in [1.29, 1.82) is 0 Å². The zero-order valence-corrected chi connectivity index (χ0v) is 16.7. The number of carbonyl (C=O) groups excluding carboxylic acids is 1. The van der Waals surface area contributed by atoms with Crippen LogP contribution in [0.4, 0.5) is 13.2 Å². The molecule has 3 nitrogen and oxygen atoms in total. The molecule has 0 spiro atoms. The minimum absolute atomic E-state index is 0.0763. The number of Topliss-reactive ketones (excluding diaryl/α,β-unsaturated/α-hetero) is 1. The molecule has 1 N–H and O–H groups in total. The third-order valence-corrected chi connectivity index (χ3v) is 5.39. The summed E-state index contributed by atoms with van der Waals surface area (Å²) >= 11 is 0. The van der Waals surface area contributed by atoms with Crippen LogP contribution in [-0.2, 0) is 4.65 Å². The first-order chi connectivity index (χ1) is 14.8. The Labute approximate surface area is 177 Å². The molecule has 4 rings (SSSR count). The monoisotopic (exact) mass is 421 g/mol. The first-order valence-electron chi connectivity index (χ1n) is 9.81. The van der Waals surface area contributed by atoms with E-state index in [-0.39, 0.29) is 11.3 Å². The van der Waals surface area contributed by atoms with Gasteiger partial charge in [0.15, 0.2) is 0 Å². The minimum Gasteiger partial charge on any atom is -0.654 e. The zero-order chi connectivity index (χ0) is 22.1. The highest BCUT2D eigenvalue weighted by Crippen LogP contribution is 2.27. The highest BCUT2D eigenvalue weighted by atomic mass is 19.4. The van der Waals surface area contributed by atoms with E-state index >= 15 is 0 Å². The van der Waals surface area contributed by atoms with Crippen LogP contribution in [0.1, 0.15) is 17.3 Å². The second-order valence-electron chi connectivity index (χ2n) is 7.37. The number of hydrogen-bond acceptors (Lipinski definition) is 2. The lowest BCUT2D eigenvalue weighted by atomic mass is 9.41. The van der Waals surface area contributed by atoms with E-state index < -0.39 is 29.7 Å². The molecule has 0 saturated carbocycles. The van der Waals surface area contributed by atoms with Gasteiger partial charge in [-0.25, -0.2) is 0 Å². The molecule has 0 fully saturated rings. The highest BCUT2D eigenvalue weighted by molar-refractivity contribution is 6.91. The van der Waals surface area contributed by atoms with E-state index in [0.29, 0.717) is 10.9 Å². The number of nitrogens with one attached hydrogen (secondary N) is 1. The van der Waals surface area contributed by atoms with Gasteiger partial charge in [-0.3, -0.25) is 4.79 Å². The van der Waals surface area contributed by atoms with Gasteiger partial charge in [-0.05, 0) is 6.92 Å². The predicted molar refractivity (Wildman–Crippen MR) is 114 cm³/mol. The van der Waals surface area contributed by atoms with E-state index in [9.17, 15) is 18.0 Å². The number of ketones is 1. The molecule has 3 aromatic rings. The number of alkyl halides is 3. The number of halogens is 3. The van der Waals surface area contributed by atoms with Crippen molar-refractivity contribution < 1.29 is 27.5 Å². The molecule has 3 aromatic carbocycles. The van der Waals surface area contributed by atoms with E-state index in [4.69, 9.17) is 4.65 Å². The predicted octanol–water partition coefficient (Wildman–Crippen LogP) is 2.51. The van der Waals surface area contributed by atoms with Crippen molar-refractivity contribution in [2.24, 2.45) is 0 Å². The van der Waals surface area contributed by atoms with Gasteiger partial charge in [0.25, 0.3) is 0 Å². The minimum atomic E-state index is -4.79. The number of carbonyl (C=O) groups is 1. The van der Waals surface area contributed by atoms with Gasteiger partial charge in [0.1, 0.15) is 5.57 Å². The molecule has 0 unspecified atom stereocenters. The van der Waals surface area contributed by atoms with E-state index in [1.54, 1.807) is 78.9 Å². The largest absolute Gasteiger partial charge is 0.654 e. The maximum absolute atomic E-state index is 14.3. The lowest BCUT2D eigenvalue weighted by Gasteiger charge is -2.38. The smallest absolute Gasteiger partial charge is 0.506 e. The fourth-order valence-electron chi connectivity index (χ4n) is 3.98. The number of benzene rings is 3. The molecule has 0 amide bonds. The Kier molecular flexibility index (Phi) is 5.27. The van der Waals surface area contributed by atoms with E-state index in [2.05, 4.69) is 4.90 Å². The second-order valence-corrected chi connectivity index (χ2v) is 7.37. The molecule has 31 heavy (non-hydrogen) atoms. The highest BCUT2D eigenvalue weighted by Gasteiger charge is 2.53. The third kappa shape index (κ3) is 3.79. The molecular formula is C24H19BF3NO2. The summed E-state index contributed by atoms with van der Waals surface area (Å²) in [6, 6.07) is 25.3. The van der Waals surface area contributed by atoms with Crippen molar-refractivity contribution in [3.63, 3.8) is 0 Å². The van der Waals surface area contributed by atoms with Gasteiger partial charge in [0.2, 0.25) is 11.5 Å². The van der Waals surface area contributed by atoms with Crippen molar-refractivity contribution in [3.8, 4) is 0 Å². The maximum atomic E-state index is 14.3. The second kappa shape index (κ2) is 7.91. The zero-order valence-electron chi connectivity index (χ0n) is 16.7. The molecule has 0 atom stereocenters. The average Bonchev–Trinajstić information content (AvgIpc) is 2.79. The SMILES string of the molecule is CC1=C(C(=O)c2ccccc2)C(C(F)(F)F)=[NH+][B-](c2ccccc2)(c2ccccc2)O1. The van der Waals surface area contributed by atoms with Crippen LogP contribution in [0.2, 0.25) is 0 Å². The van der Waals surface area contributed by atoms with E-state index in [0.717, 1.165) is 0 Å². The van der Waals surface area contributed by atoms with E-state index in [1.807, 2.05) is 0 Å². The van der Waals surface area contributed by atoms with Crippen molar-refractivity contribution in [1.82, 2.24) is 0 Å². The van der Waals surface area contributed by atoms with Crippen LogP contribution in [0, 0.1) is 0 Å². The van der Waals surface area contributed by atoms with Gasteiger partial charge in [0.05, 0.1) is 5.76 Å². The molecule has 1 aliphatic heterocycles. The molecular weight excluding hydrogens is 402 g/mol. The molecule has 0 saturated heterocycles. The number of rotatable bonds is 4. The maximum Gasteiger partial charge on any atom is 0.506 e. The molecule has 156 valence electrons. The normalized spacial score (nSPS) is 15.8. The van der Waals surface area contributed by atoms with Crippen LogP contribution in [0.15, 0.2) is 102 Å². The quantitative estimate of drug-likeness (QED) is 0.520.